The first-order valence-corrected chi connectivity index (χ1v) is 5.73. The molecule has 0 unspecified atom stereocenters. The standard InChI is InChI=1S/C14H14N2O3/c1-19-13-4-2-10(3-5-13)8-12-9-11(6-7-15-12)16-14(17)18/h2-7,9H,8H2,1H3,(H,15,16)(H,17,18)/p-1. The van der Waals surface area contributed by atoms with E-state index in [4.69, 9.17) is 4.74 Å². The number of aromatic nitrogens is 1. The van der Waals surface area contributed by atoms with Gasteiger partial charge >= 0.3 is 0 Å². The number of rotatable bonds is 4. The van der Waals surface area contributed by atoms with Crippen molar-refractivity contribution >= 4 is 11.8 Å². The van der Waals surface area contributed by atoms with Crippen molar-refractivity contribution in [3.63, 3.8) is 0 Å². The van der Waals surface area contributed by atoms with Crippen LogP contribution < -0.4 is 15.2 Å². The van der Waals surface area contributed by atoms with Crippen molar-refractivity contribution in [2.45, 2.75) is 6.42 Å². The van der Waals surface area contributed by atoms with Gasteiger partial charge in [-0.15, -0.1) is 0 Å². The zero-order chi connectivity index (χ0) is 13.7. The molecule has 1 aromatic carbocycles. The number of hydrogen-bond donors (Lipinski definition) is 1. The summed E-state index contributed by atoms with van der Waals surface area (Å²) in [4.78, 5) is 14.7. The minimum atomic E-state index is -1.33. The molecule has 19 heavy (non-hydrogen) atoms. The molecule has 1 N–H and O–H groups in total. The molecule has 1 aromatic heterocycles. The van der Waals surface area contributed by atoms with Crippen LogP contribution in [0, 0.1) is 0 Å². The second kappa shape index (κ2) is 5.86. The second-order valence-electron chi connectivity index (χ2n) is 3.97. The summed E-state index contributed by atoms with van der Waals surface area (Å²) in [5, 5.41) is 12.6. The monoisotopic (exact) mass is 257 g/mol. The Balaban J connectivity index is 2.11. The van der Waals surface area contributed by atoms with Gasteiger partial charge in [0, 0.05) is 24.0 Å². The van der Waals surface area contributed by atoms with E-state index in [9.17, 15) is 9.90 Å². The van der Waals surface area contributed by atoms with Gasteiger partial charge in [0.2, 0.25) is 0 Å². The lowest BCUT2D eigenvalue weighted by atomic mass is 10.1. The number of amides is 1. The van der Waals surface area contributed by atoms with Gasteiger partial charge in [-0.1, -0.05) is 12.1 Å². The largest absolute Gasteiger partial charge is 0.530 e. The Kier molecular flexibility index (Phi) is 3.97. The van der Waals surface area contributed by atoms with E-state index < -0.39 is 6.09 Å². The third-order valence-electron chi connectivity index (χ3n) is 2.61. The first kappa shape index (κ1) is 12.9. The van der Waals surface area contributed by atoms with Gasteiger partial charge in [0.25, 0.3) is 0 Å². The van der Waals surface area contributed by atoms with Crippen LogP contribution in [0.3, 0.4) is 0 Å². The maximum absolute atomic E-state index is 10.5. The number of hydrogen-bond acceptors (Lipinski definition) is 4. The topological polar surface area (TPSA) is 74.3 Å². The minimum Gasteiger partial charge on any atom is -0.530 e. The molecule has 5 heteroatoms. The predicted molar refractivity (Wildman–Crippen MR) is 69.1 cm³/mol. The van der Waals surface area contributed by atoms with Crippen LogP contribution in [0.15, 0.2) is 42.6 Å². The lowest BCUT2D eigenvalue weighted by molar-refractivity contribution is -0.242. The van der Waals surface area contributed by atoms with Crippen LogP contribution >= 0.6 is 0 Å². The maximum Gasteiger partial charge on any atom is 0.138 e. The molecule has 5 nitrogen and oxygen atoms in total. The van der Waals surface area contributed by atoms with Crippen molar-refractivity contribution in [3.05, 3.63) is 53.9 Å². The zero-order valence-corrected chi connectivity index (χ0v) is 10.4. The van der Waals surface area contributed by atoms with Gasteiger partial charge in [-0.25, -0.2) is 0 Å². The van der Waals surface area contributed by atoms with Crippen molar-refractivity contribution in [1.29, 1.82) is 0 Å². The number of carbonyl (C=O) groups excluding carboxylic acids is 1. The first-order valence-electron chi connectivity index (χ1n) is 5.73. The highest BCUT2D eigenvalue weighted by atomic mass is 16.5. The molecule has 0 saturated carbocycles. The molecule has 0 radical (unpaired) electrons. The van der Waals surface area contributed by atoms with Crippen LogP contribution in [0.25, 0.3) is 0 Å². The van der Waals surface area contributed by atoms with E-state index in [1.807, 2.05) is 24.3 Å². The fourth-order valence-electron chi connectivity index (χ4n) is 1.72. The molecular weight excluding hydrogens is 244 g/mol. The van der Waals surface area contributed by atoms with Gasteiger partial charge in [-0.2, -0.15) is 0 Å². The summed E-state index contributed by atoms with van der Waals surface area (Å²) >= 11 is 0. The average Bonchev–Trinajstić information content (AvgIpc) is 2.39. The van der Waals surface area contributed by atoms with Gasteiger partial charge in [-0.3, -0.25) is 4.98 Å². The summed E-state index contributed by atoms with van der Waals surface area (Å²) in [5.41, 5.74) is 2.30. The van der Waals surface area contributed by atoms with E-state index in [2.05, 4.69) is 10.3 Å². The predicted octanol–water partition coefficient (Wildman–Crippen LogP) is 1.44. The molecule has 2 rings (SSSR count). The summed E-state index contributed by atoms with van der Waals surface area (Å²) in [6.45, 7) is 0. The Bertz CT molecular complexity index is 567. The van der Waals surface area contributed by atoms with E-state index in [0.29, 0.717) is 12.1 Å². The van der Waals surface area contributed by atoms with Crippen molar-refractivity contribution in [2.75, 3.05) is 12.4 Å². The van der Waals surface area contributed by atoms with Crippen LogP contribution in [-0.4, -0.2) is 18.2 Å². The van der Waals surface area contributed by atoms with Gasteiger partial charge < -0.3 is 20.0 Å². The van der Waals surface area contributed by atoms with E-state index in [1.54, 1.807) is 25.4 Å². The summed E-state index contributed by atoms with van der Waals surface area (Å²) in [5.74, 6) is 0.795. The number of ether oxygens (including phenoxy) is 1. The first-order chi connectivity index (χ1) is 9.17. The van der Waals surface area contributed by atoms with Gasteiger partial charge in [0.05, 0.1) is 7.11 Å². The highest BCUT2D eigenvalue weighted by Crippen LogP contribution is 2.15. The molecule has 0 aliphatic carbocycles. The Hall–Kier alpha value is -2.56. The van der Waals surface area contributed by atoms with E-state index in [1.165, 1.54) is 0 Å². The molecule has 0 atom stereocenters. The molecule has 0 saturated heterocycles. The van der Waals surface area contributed by atoms with Crippen LogP contribution in [-0.2, 0) is 6.42 Å². The number of nitrogens with zero attached hydrogens (tertiary/aromatic N) is 1. The second-order valence-corrected chi connectivity index (χ2v) is 3.97. The van der Waals surface area contributed by atoms with E-state index in [0.717, 1.165) is 17.0 Å². The summed E-state index contributed by atoms with van der Waals surface area (Å²) in [6.07, 6.45) is 0.845. The zero-order valence-electron chi connectivity index (χ0n) is 10.4. The van der Waals surface area contributed by atoms with Crippen LogP contribution in [0.4, 0.5) is 10.5 Å². The number of methoxy groups -OCH3 is 1. The molecule has 2 aromatic rings. The van der Waals surface area contributed by atoms with Gasteiger partial charge in [-0.05, 0) is 29.8 Å². The van der Waals surface area contributed by atoms with Crippen molar-refractivity contribution in [1.82, 2.24) is 4.98 Å². The molecule has 98 valence electrons. The van der Waals surface area contributed by atoms with Crippen LogP contribution in [0.1, 0.15) is 11.3 Å². The fourth-order valence-corrected chi connectivity index (χ4v) is 1.72. The van der Waals surface area contributed by atoms with Gasteiger partial charge in [0.1, 0.15) is 11.8 Å². The van der Waals surface area contributed by atoms with Crippen molar-refractivity contribution in [2.24, 2.45) is 0 Å². The Labute approximate surface area is 110 Å². The van der Waals surface area contributed by atoms with Gasteiger partial charge in [0.15, 0.2) is 0 Å². The number of carboxylic acid groups (broad SMARTS) is 1. The normalized spacial score (nSPS) is 9.95. The Morgan fingerprint density at radius 2 is 2.05 bits per heavy atom. The lowest BCUT2D eigenvalue weighted by Gasteiger charge is -2.08. The molecule has 1 amide bonds. The number of carbonyl (C=O) groups is 1. The number of pyridine rings is 1. The lowest BCUT2D eigenvalue weighted by Crippen LogP contribution is -2.28. The van der Waals surface area contributed by atoms with Crippen molar-refractivity contribution in [3.8, 4) is 5.75 Å². The molecular formula is C14H13N2O3-. The average molecular weight is 257 g/mol. The molecule has 0 spiro atoms. The number of nitrogens with one attached hydrogen (secondary N) is 1. The SMILES string of the molecule is COc1ccc(Cc2cc(NC(=O)[O-])ccn2)cc1. The summed E-state index contributed by atoms with van der Waals surface area (Å²) in [7, 11) is 1.62. The van der Waals surface area contributed by atoms with E-state index in [-0.39, 0.29) is 0 Å². The molecule has 0 aliphatic rings. The Morgan fingerprint density at radius 1 is 1.32 bits per heavy atom. The third-order valence-corrected chi connectivity index (χ3v) is 2.61. The van der Waals surface area contributed by atoms with Crippen LogP contribution in [0.2, 0.25) is 0 Å². The highest BCUT2D eigenvalue weighted by Gasteiger charge is 2.00. The van der Waals surface area contributed by atoms with Crippen LogP contribution in [0.5, 0.6) is 5.75 Å². The summed E-state index contributed by atoms with van der Waals surface area (Å²) < 4.78 is 5.08. The van der Waals surface area contributed by atoms with E-state index >= 15 is 0 Å². The molecule has 0 bridgehead atoms. The number of benzene rings is 1. The highest BCUT2D eigenvalue weighted by molar-refractivity contribution is 5.80. The minimum absolute atomic E-state index is 0.457. The van der Waals surface area contributed by atoms with Crippen molar-refractivity contribution < 1.29 is 14.6 Å². The Morgan fingerprint density at radius 3 is 2.68 bits per heavy atom. The quantitative estimate of drug-likeness (QED) is 0.899. The smallest absolute Gasteiger partial charge is 0.138 e. The molecule has 1 heterocycles. The fraction of sp³-hybridized carbons (Fsp3) is 0.143. The number of anilines is 1. The molecule has 0 aliphatic heterocycles. The maximum atomic E-state index is 10.5. The summed E-state index contributed by atoms with van der Waals surface area (Å²) in [6, 6.07) is 10.9. The third kappa shape index (κ3) is 3.70. The molecule has 0 fully saturated rings.